The molecule has 0 spiro atoms. The fraction of sp³-hybridized carbons (Fsp3) is 0.308. The Balaban J connectivity index is 1.64. The molecule has 0 radical (unpaired) electrons. The fourth-order valence-corrected chi connectivity index (χ4v) is 3.61. The Morgan fingerprint density at radius 1 is 1.11 bits per heavy atom. The van der Waals surface area contributed by atoms with Gasteiger partial charge in [0.05, 0.1) is 17.3 Å². The van der Waals surface area contributed by atoms with Crippen LogP contribution in [0.1, 0.15) is 35.6 Å². The number of ether oxygens (including phenoxy) is 1. The van der Waals surface area contributed by atoms with Gasteiger partial charge in [-0.25, -0.2) is 9.50 Å². The van der Waals surface area contributed by atoms with Gasteiger partial charge < -0.3 is 20.1 Å². The minimum atomic E-state index is -0.959. The summed E-state index contributed by atoms with van der Waals surface area (Å²) in [5.41, 5.74) is 3.88. The van der Waals surface area contributed by atoms with E-state index in [9.17, 15) is 9.90 Å². The van der Waals surface area contributed by atoms with Gasteiger partial charge >= 0.3 is 0 Å². The smallest absolute Gasteiger partial charge is 0.253 e. The summed E-state index contributed by atoms with van der Waals surface area (Å²) in [5, 5.41) is 17.9. The average Bonchev–Trinajstić information content (AvgIpc) is 3.17. The Kier molecular flexibility index (Phi) is 6.45. The van der Waals surface area contributed by atoms with Crippen LogP contribution in [0.5, 0.6) is 5.75 Å². The molecule has 4 heterocycles. The molecule has 4 aromatic heterocycles. The van der Waals surface area contributed by atoms with E-state index in [1.54, 1.807) is 50.8 Å². The van der Waals surface area contributed by atoms with Crippen LogP contribution in [0, 0.1) is 13.8 Å². The molecule has 0 aliphatic heterocycles. The van der Waals surface area contributed by atoms with Crippen molar-refractivity contribution < 1.29 is 14.6 Å². The van der Waals surface area contributed by atoms with Crippen LogP contribution in [0.3, 0.4) is 0 Å². The van der Waals surface area contributed by atoms with Gasteiger partial charge in [0, 0.05) is 48.9 Å². The van der Waals surface area contributed by atoms with Gasteiger partial charge in [0.15, 0.2) is 5.82 Å². The number of fused-ring (bicyclic) bond motifs is 1. The SMILES string of the molecule is Cc1cc(-c2ccn3nc(Nc4cc(C(=O)N(C)C)cc(C)n4)cc3c2)c(OCC(C)(C)O)cn1. The lowest BCUT2D eigenvalue weighted by Gasteiger charge is -2.19. The molecule has 35 heavy (non-hydrogen) atoms. The number of nitrogens with zero attached hydrogens (tertiary/aromatic N) is 5. The summed E-state index contributed by atoms with van der Waals surface area (Å²) >= 11 is 0. The third-order valence-corrected chi connectivity index (χ3v) is 5.22. The minimum Gasteiger partial charge on any atom is -0.488 e. The molecule has 0 aliphatic rings. The van der Waals surface area contributed by atoms with Gasteiger partial charge in [0.1, 0.15) is 18.2 Å². The number of carbonyl (C=O) groups excluding carboxylic acids is 1. The molecule has 9 nitrogen and oxygen atoms in total. The van der Waals surface area contributed by atoms with Gasteiger partial charge in [-0.1, -0.05) is 0 Å². The van der Waals surface area contributed by atoms with Gasteiger partial charge in [-0.2, -0.15) is 5.10 Å². The summed E-state index contributed by atoms with van der Waals surface area (Å²) in [6.45, 7) is 7.32. The zero-order valence-corrected chi connectivity index (χ0v) is 20.8. The maximum atomic E-state index is 12.4. The van der Waals surface area contributed by atoms with Crippen molar-refractivity contribution in [1.29, 1.82) is 0 Å². The van der Waals surface area contributed by atoms with E-state index >= 15 is 0 Å². The zero-order valence-electron chi connectivity index (χ0n) is 20.8. The number of pyridine rings is 3. The van der Waals surface area contributed by atoms with E-state index in [1.165, 1.54) is 4.90 Å². The number of anilines is 2. The Labute approximate surface area is 204 Å². The van der Waals surface area contributed by atoms with Crippen LogP contribution >= 0.6 is 0 Å². The molecule has 0 atom stereocenters. The highest BCUT2D eigenvalue weighted by molar-refractivity contribution is 5.94. The summed E-state index contributed by atoms with van der Waals surface area (Å²) in [5.74, 6) is 1.66. The lowest BCUT2D eigenvalue weighted by molar-refractivity contribution is 0.0286. The first-order chi connectivity index (χ1) is 16.5. The van der Waals surface area contributed by atoms with Crippen LogP contribution in [0.2, 0.25) is 0 Å². The maximum absolute atomic E-state index is 12.4. The molecule has 0 fully saturated rings. The highest BCUT2D eigenvalue weighted by Crippen LogP contribution is 2.32. The van der Waals surface area contributed by atoms with E-state index in [4.69, 9.17) is 4.74 Å². The summed E-state index contributed by atoms with van der Waals surface area (Å²) in [6.07, 6.45) is 3.55. The number of rotatable bonds is 7. The van der Waals surface area contributed by atoms with Crippen molar-refractivity contribution in [3.63, 3.8) is 0 Å². The van der Waals surface area contributed by atoms with Crippen molar-refractivity contribution in [3.8, 4) is 16.9 Å². The standard InChI is InChI=1S/C26H30N6O3/c1-16-10-21(22(14-27-16)35-15-26(3,4)34)18-7-8-32-20(11-18)13-24(30-32)29-23-12-19(9-17(2)28-23)25(33)31(5)6/h7-14,34H,15H2,1-6H3,(H,28,29,30). The average molecular weight is 475 g/mol. The predicted molar refractivity (Wildman–Crippen MR) is 135 cm³/mol. The predicted octanol–water partition coefficient (Wildman–Crippen LogP) is 4.00. The van der Waals surface area contributed by atoms with Crippen LogP contribution in [-0.2, 0) is 0 Å². The Bertz CT molecular complexity index is 1390. The molecule has 0 saturated carbocycles. The highest BCUT2D eigenvalue weighted by Gasteiger charge is 2.17. The molecule has 182 valence electrons. The van der Waals surface area contributed by atoms with E-state index in [2.05, 4.69) is 20.4 Å². The van der Waals surface area contributed by atoms with Crippen molar-refractivity contribution in [3.05, 3.63) is 65.7 Å². The second kappa shape index (κ2) is 9.34. The quantitative estimate of drug-likeness (QED) is 0.417. The molecular formula is C26H30N6O3. The maximum Gasteiger partial charge on any atom is 0.253 e. The van der Waals surface area contributed by atoms with Crippen LogP contribution in [0.25, 0.3) is 16.6 Å². The molecule has 4 rings (SSSR count). The monoisotopic (exact) mass is 474 g/mol. The normalized spacial score (nSPS) is 11.5. The van der Waals surface area contributed by atoms with Crippen LogP contribution in [-0.4, -0.2) is 61.8 Å². The molecule has 2 N–H and O–H groups in total. The van der Waals surface area contributed by atoms with E-state index in [0.717, 1.165) is 28.0 Å². The summed E-state index contributed by atoms with van der Waals surface area (Å²) in [6, 6.07) is 11.3. The molecule has 4 aromatic rings. The van der Waals surface area contributed by atoms with Gasteiger partial charge in [0.25, 0.3) is 5.91 Å². The largest absolute Gasteiger partial charge is 0.488 e. The minimum absolute atomic E-state index is 0.0894. The topological polar surface area (TPSA) is 105 Å². The van der Waals surface area contributed by atoms with E-state index in [-0.39, 0.29) is 12.5 Å². The van der Waals surface area contributed by atoms with Crippen molar-refractivity contribution in [2.45, 2.75) is 33.3 Å². The lowest BCUT2D eigenvalue weighted by Crippen LogP contribution is -2.28. The number of hydrogen-bond donors (Lipinski definition) is 2. The van der Waals surface area contributed by atoms with Crippen molar-refractivity contribution in [2.24, 2.45) is 0 Å². The molecule has 9 heteroatoms. The summed E-state index contributed by atoms with van der Waals surface area (Å²) < 4.78 is 7.64. The summed E-state index contributed by atoms with van der Waals surface area (Å²) in [4.78, 5) is 22.8. The second-order valence-electron chi connectivity index (χ2n) is 9.44. The zero-order chi connectivity index (χ0) is 25.3. The first kappa shape index (κ1) is 24.2. The van der Waals surface area contributed by atoms with E-state index in [1.807, 2.05) is 44.3 Å². The third-order valence-electron chi connectivity index (χ3n) is 5.22. The molecule has 1 amide bonds. The Hall–Kier alpha value is -3.98. The molecular weight excluding hydrogens is 444 g/mol. The van der Waals surface area contributed by atoms with Crippen molar-refractivity contribution in [2.75, 3.05) is 26.0 Å². The molecule has 0 aliphatic carbocycles. The molecule has 0 unspecified atom stereocenters. The first-order valence-electron chi connectivity index (χ1n) is 11.3. The van der Waals surface area contributed by atoms with E-state index < -0.39 is 5.60 Å². The lowest BCUT2D eigenvalue weighted by atomic mass is 10.1. The Morgan fingerprint density at radius 2 is 1.89 bits per heavy atom. The second-order valence-corrected chi connectivity index (χ2v) is 9.44. The van der Waals surface area contributed by atoms with Gasteiger partial charge in [-0.3, -0.25) is 9.78 Å². The molecule has 0 aromatic carbocycles. The van der Waals surface area contributed by atoms with Gasteiger partial charge in [0.2, 0.25) is 0 Å². The summed E-state index contributed by atoms with van der Waals surface area (Å²) in [7, 11) is 3.44. The first-order valence-corrected chi connectivity index (χ1v) is 11.3. The molecule has 0 bridgehead atoms. The van der Waals surface area contributed by atoms with Gasteiger partial charge in [-0.15, -0.1) is 0 Å². The van der Waals surface area contributed by atoms with Crippen LogP contribution in [0.4, 0.5) is 11.6 Å². The van der Waals surface area contributed by atoms with Crippen LogP contribution in [0.15, 0.2) is 48.8 Å². The van der Waals surface area contributed by atoms with E-state index in [0.29, 0.717) is 22.9 Å². The number of aromatic nitrogens is 4. The highest BCUT2D eigenvalue weighted by atomic mass is 16.5. The molecule has 0 saturated heterocycles. The number of carbonyl (C=O) groups is 1. The van der Waals surface area contributed by atoms with Gasteiger partial charge in [-0.05, 0) is 63.6 Å². The number of aryl methyl sites for hydroxylation is 2. The third kappa shape index (κ3) is 5.75. The fourth-order valence-electron chi connectivity index (χ4n) is 3.61. The number of aliphatic hydroxyl groups is 1. The van der Waals surface area contributed by atoms with Crippen LogP contribution < -0.4 is 10.1 Å². The van der Waals surface area contributed by atoms with Crippen molar-refractivity contribution >= 4 is 23.1 Å². The number of amides is 1. The number of nitrogens with one attached hydrogen (secondary N) is 1. The number of hydrogen-bond acceptors (Lipinski definition) is 7. The Morgan fingerprint density at radius 3 is 2.60 bits per heavy atom. The van der Waals surface area contributed by atoms with Crippen molar-refractivity contribution in [1.82, 2.24) is 24.5 Å².